The van der Waals surface area contributed by atoms with Crippen molar-refractivity contribution in [2.45, 2.75) is 25.9 Å². The molecule has 0 spiro atoms. The Bertz CT molecular complexity index is 725. The third-order valence-corrected chi connectivity index (χ3v) is 3.69. The van der Waals surface area contributed by atoms with E-state index in [1.54, 1.807) is 6.33 Å². The Balaban J connectivity index is 1.96. The number of aryl methyl sites for hydroxylation is 2. The van der Waals surface area contributed by atoms with Crippen LogP contribution in [0.3, 0.4) is 0 Å². The van der Waals surface area contributed by atoms with Crippen molar-refractivity contribution >= 4 is 11.0 Å². The fourth-order valence-corrected chi connectivity index (χ4v) is 2.66. The fraction of sp³-hybridized carbons (Fsp3) is 0.333. The van der Waals surface area contributed by atoms with Gasteiger partial charge in [-0.05, 0) is 19.1 Å². The van der Waals surface area contributed by atoms with E-state index in [4.69, 9.17) is 10.7 Å². The number of imidazole rings is 2. The maximum atomic E-state index is 6.30. The van der Waals surface area contributed by atoms with Crippen molar-refractivity contribution in [3.63, 3.8) is 0 Å². The Morgan fingerprint density at radius 2 is 2.10 bits per heavy atom. The molecule has 3 aromatic rings. The van der Waals surface area contributed by atoms with E-state index in [9.17, 15) is 0 Å². The van der Waals surface area contributed by atoms with Gasteiger partial charge in [-0.15, -0.1) is 0 Å². The molecule has 0 saturated heterocycles. The van der Waals surface area contributed by atoms with Crippen LogP contribution in [0.1, 0.15) is 24.5 Å². The zero-order chi connectivity index (χ0) is 14.1. The number of hydrogen-bond acceptors (Lipinski definition) is 3. The predicted octanol–water partition coefficient (Wildman–Crippen LogP) is 2.03. The van der Waals surface area contributed by atoms with Crippen LogP contribution in [0.25, 0.3) is 11.0 Å². The van der Waals surface area contributed by atoms with Crippen molar-refractivity contribution in [2.24, 2.45) is 12.8 Å². The topological polar surface area (TPSA) is 61.7 Å². The van der Waals surface area contributed by atoms with E-state index >= 15 is 0 Å². The Kier molecular flexibility index (Phi) is 3.28. The third kappa shape index (κ3) is 2.10. The average Bonchev–Trinajstić information content (AvgIpc) is 3.01. The molecule has 5 nitrogen and oxygen atoms in total. The second kappa shape index (κ2) is 5.09. The molecule has 0 fully saturated rings. The zero-order valence-corrected chi connectivity index (χ0v) is 11.8. The van der Waals surface area contributed by atoms with Crippen molar-refractivity contribution < 1.29 is 0 Å². The summed E-state index contributed by atoms with van der Waals surface area (Å²) in [6.45, 7) is 3.03. The molecule has 3 rings (SSSR count). The number of fused-ring (bicyclic) bond motifs is 1. The molecule has 2 N–H and O–H groups in total. The van der Waals surface area contributed by atoms with Gasteiger partial charge >= 0.3 is 0 Å². The monoisotopic (exact) mass is 269 g/mol. The van der Waals surface area contributed by atoms with Crippen LogP contribution in [0.15, 0.2) is 36.8 Å². The minimum Gasteiger partial charge on any atom is -0.336 e. The Morgan fingerprint density at radius 1 is 1.30 bits per heavy atom. The number of nitrogens with two attached hydrogens (primary N) is 1. The zero-order valence-electron chi connectivity index (χ0n) is 11.8. The lowest BCUT2D eigenvalue weighted by Crippen LogP contribution is -2.18. The van der Waals surface area contributed by atoms with Crippen LogP contribution in [0, 0.1) is 0 Å². The molecule has 0 aliphatic rings. The van der Waals surface area contributed by atoms with Gasteiger partial charge in [-0.25, -0.2) is 9.97 Å². The van der Waals surface area contributed by atoms with Crippen molar-refractivity contribution in [2.75, 3.05) is 0 Å². The number of hydrogen-bond donors (Lipinski definition) is 1. The summed E-state index contributed by atoms with van der Waals surface area (Å²) in [6.07, 6.45) is 4.31. The Morgan fingerprint density at radius 3 is 2.80 bits per heavy atom. The molecule has 0 saturated carbocycles. The minimum atomic E-state index is -0.0930. The SMILES string of the molecule is CCn1c(CC(N)c2cncn2C)nc2ccccc21. The molecule has 20 heavy (non-hydrogen) atoms. The molecular weight excluding hydrogens is 250 g/mol. The van der Waals surface area contributed by atoms with Crippen molar-refractivity contribution in [3.05, 3.63) is 48.3 Å². The van der Waals surface area contributed by atoms with Crippen molar-refractivity contribution in [1.29, 1.82) is 0 Å². The van der Waals surface area contributed by atoms with E-state index in [1.807, 2.05) is 36.0 Å². The van der Waals surface area contributed by atoms with Crippen LogP contribution in [0.5, 0.6) is 0 Å². The molecular formula is C15H19N5. The largest absolute Gasteiger partial charge is 0.336 e. The van der Waals surface area contributed by atoms with Gasteiger partial charge in [0.25, 0.3) is 0 Å². The van der Waals surface area contributed by atoms with E-state index in [1.165, 1.54) is 5.52 Å². The quantitative estimate of drug-likeness (QED) is 0.788. The molecule has 2 heterocycles. The Labute approximate surface area is 118 Å². The summed E-state index contributed by atoms with van der Waals surface area (Å²) in [5.74, 6) is 1.03. The lowest BCUT2D eigenvalue weighted by molar-refractivity contribution is 0.606. The number of para-hydroxylation sites is 2. The molecule has 0 aliphatic carbocycles. The molecule has 0 amide bonds. The second-order valence-electron chi connectivity index (χ2n) is 5.00. The van der Waals surface area contributed by atoms with E-state index in [2.05, 4.69) is 22.5 Å². The molecule has 0 aliphatic heterocycles. The van der Waals surface area contributed by atoms with Gasteiger partial charge in [-0.3, -0.25) is 0 Å². The first-order valence-corrected chi connectivity index (χ1v) is 6.86. The maximum Gasteiger partial charge on any atom is 0.111 e. The summed E-state index contributed by atoms with van der Waals surface area (Å²) in [5.41, 5.74) is 9.53. The number of nitrogens with zero attached hydrogens (tertiary/aromatic N) is 4. The molecule has 2 aromatic heterocycles. The van der Waals surface area contributed by atoms with Crippen LogP contribution < -0.4 is 5.73 Å². The van der Waals surface area contributed by atoms with Crippen LogP contribution >= 0.6 is 0 Å². The number of rotatable bonds is 4. The van der Waals surface area contributed by atoms with Gasteiger partial charge < -0.3 is 14.9 Å². The highest BCUT2D eigenvalue weighted by molar-refractivity contribution is 5.75. The molecule has 1 aromatic carbocycles. The predicted molar refractivity (Wildman–Crippen MR) is 79.2 cm³/mol. The first kappa shape index (κ1) is 12.9. The molecule has 0 bridgehead atoms. The van der Waals surface area contributed by atoms with Crippen LogP contribution in [-0.2, 0) is 20.0 Å². The summed E-state index contributed by atoms with van der Waals surface area (Å²) in [7, 11) is 1.96. The standard InChI is InChI=1S/C15H19N5/c1-3-20-13-7-5-4-6-12(13)18-15(20)8-11(16)14-9-17-10-19(14)2/h4-7,9-11H,3,8,16H2,1-2H3. The molecule has 0 radical (unpaired) electrons. The highest BCUT2D eigenvalue weighted by Gasteiger charge is 2.16. The van der Waals surface area contributed by atoms with Crippen molar-refractivity contribution in [1.82, 2.24) is 19.1 Å². The Hall–Kier alpha value is -2.14. The van der Waals surface area contributed by atoms with E-state index in [0.717, 1.165) is 23.6 Å². The molecule has 1 unspecified atom stereocenters. The lowest BCUT2D eigenvalue weighted by atomic mass is 10.1. The first-order chi connectivity index (χ1) is 9.70. The molecule has 1 atom stereocenters. The van der Waals surface area contributed by atoms with Crippen LogP contribution in [0.2, 0.25) is 0 Å². The first-order valence-electron chi connectivity index (χ1n) is 6.86. The van der Waals surface area contributed by atoms with Gasteiger partial charge in [0.05, 0.1) is 29.1 Å². The summed E-state index contributed by atoms with van der Waals surface area (Å²) < 4.78 is 4.19. The van der Waals surface area contributed by atoms with Gasteiger partial charge in [0.15, 0.2) is 0 Å². The molecule has 5 heteroatoms. The smallest absolute Gasteiger partial charge is 0.111 e. The third-order valence-electron chi connectivity index (χ3n) is 3.69. The average molecular weight is 269 g/mol. The second-order valence-corrected chi connectivity index (χ2v) is 5.00. The minimum absolute atomic E-state index is 0.0930. The van der Waals surface area contributed by atoms with Gasteiger partial charge in [-0.1, -0.05) is 12.1 Å². The van der Waals surface area contributed by atoms with Gasteiger partial charge in [-0.2, -0.15) is 0 Å². The van der Waals surface area contributed by atoms with Gasteiger partial charge in [0.2, 0.25) is 0 Å². The van der Waals surface area contributed by atoms with Gasteiger partial charge in [0, 0.05) is 26.2 Å². The number of aromatic nitrogens is 4. The van der Waals surface area contributed by atoms with E-state index < -0.39 is 0 Å². The van der Waals surface area contributed by atoms with E-state index in [0.29, 0.717) is 6.42 Å². The normalized spacial score (nSPS) is 12.9. The number of benzene rings is 1. The summed E-state index contributed by atoms with van der Waals surface area (Å²) in [5, 5.41) is 0. The summed E-state index contributed by atoms with van der Waals surface area (Å²) in [4.78, 5) is 8.84. The summed E-state index contributed by atoms with van der Waals surface area (Å²) >= 11 is 0. The van der Waals surface area contributed by atoms with Crippen LogP contribution in [-0.4, -0.2) is 19.1 Å². The van der Waals surface area contributed by atoms with Crippen LogP contribution in [0.4, 0.5) is 0 Å². The maximum absolute atomic E-state index is 6.30. The fourth-order valence-electron chi connectivity index (χ4n) is 2.66. The highest BCUT2D eigenvalue weighted by atomic mass is 15.1. The van der Waals surface area contributed by atoms with Gasteiger partial charge in [0.1, 0.15) is 5.82 Å². The van der Waals surface area contributed by atoms with E-state index in [-0.39, 0.29) is 6.04 Å². The van der Waals surface area contributed by atoms with Crippen molar-refractivity contribution in [3.8, 4) is 0 Å². The lowest BCUT2D eigenvalue weighted by Gasteiger charge is -2.13. The highest BCUT2D eigenvalue weighted by Crippen LogP contribution is 2.20. The summed E-state index contributed by atoms with van der Waals surface area (Å²) in [6, 6.07) is 8.11. The molecule has 104 valence electrons.